The number of carbonyl (C=O) groups excluding carboxylic acids is 2. The number of hydrogen-bond acceptors (Lipinski definition) is 9. The van der Waals surface area contributed by atoms with Crippen molar-refractivity contribution in [3.63, 3.8) is 0 Å². The summed E-state index contributed by atoms with van der Waals surface area (Å²) in [5, 5.41) is 0. The minimum atomic E-state index is -1.08. The molecule has 0 unspecified atom stereocenters. The van der Waals surface area contributed by atoms with Gasteiger partial charge in [0.05, 0.1) is 20.2 Å². The van der Waals surface area contributed by atoms with Gasteiger partial charge in [0.1, 0.15) is 17.6 Å². The molecule has 2 aromatic rings. The van der Waals surface area contributed by atoms with Crippen molar-refractivity contribution in [3.8, 4) is 17.4 Å². The van der Waals surface area contributed by atoms with Crippen molar-refractivity contribution in [2.75, 3.05) is 27.2 Å². The van der Waals surface area contributed by atoms with E-state index in [2.05, 4.69) is 11.6 Å². The Hall–Kier alpha value is -4.05. The SMILES string of the molecule is C=C1CC[C@@H](Oc2ccc(B3OC(=O)CN(C)CC(=O)O3)cc2)C/C=C\C=C/1Oc1ncccc1OC. The van der Waals surface area contributed by atoms with E-state index in [0.29, 0.717) is 41.4 Å². The Bertz CT molecular complexity index is 1180. The van der Waals surface area contributed by atoms with Crippen molar-refractivity contribution in [2.45, 2.75) is 25.4 Å². The van der Waals surface area contributed by atoms with Crippen LogP contribution in [0.4, 0.5) is 0 Å². The van der Waals surface area contributed by atoms with E-state index < -0.39 is 19.1 Å². The molecule has 10 heteroatoms. The van der Waals surface area contributed by atoms with E-state index in [1.165, 1.54) is 4.90 Å². The highest BCUT2D eigenvalue weighted by Crippen LogP contribution is 2.29. The van der Waals surface area contributed by atoms with Gasteiger partial charge >= 0.3 is 19.1 Å². The number of methoxy groups -OCH3 is 1. The molecule has 0 spiro atoms. The van der Waals surface area contributed by atoms with Gasteiger partial charge in [-0.05, 0) is 55.8 Å². The lowest BCUT2D eigenvalue weighted by Crippen LogP contribution is -2.47. The molecule has 192 valence electrons. The van der Waals surface area contributed by atoms with Crippen LogP contribution in [-0.4, -0.2) is 62.3 Å². The summed E-state index contributed by atoms with van der Waals surface area (Å²) in [7, 11) is 2.14. The molecule has 1 saturated heterocycles. The lowest BCUT2D eigenvalue weighted by molar-refractivity contribution is -0.145. The van der Waals surface area contributed by atoms with Gasteiger partial charge in [-0.25, -0.2) is 4.98 Å². The van der Waals surface area contributed by atoms with Crippen LogP contribution in [0.5, 0.6) is 17.4 Å². The van der Waals surface area contributed by atoms with Crippen LogP contribution in [0.2, 0.25) is 0 Å². The van der Waals surface area contributed by atoms with Gasteiger partial charge in [-0.15, -0.1) is 0 Å². The van der Waals surface area contributed by atoms with Crippen molar-refractivity contribution in [3.05, 3.63) is 78.7 Å². The highest BCUT2D eigenvalue weighted by atomic mass is 16.6. The lowest BCUT2D eigenvalue weighted by Gasteiger charge is -2.23. The maximum absolute atomic E-state index is 12.0. The van der Waals surface area contributed by atoms with Crippen LogP contribution in [0.25, 0.3) is 0 Å². The summed E-state index contributed by atoms with van der Waals surface area (Å²) in [5.41, 5.74) is 1.37. The van der Waals surface area contributed by atoms with Crippen molar-refractivity contribution in [2.24, 2.45) is 0 Å². The van der Waals surface area contributed by atoms with Crippen LogP contribution in [-0.2, 0) is 18.9 Å². The van der Waals surface area contributed by atoms with E-state index in [-0.39, 0.29) is 19.2 Å². The number of benzene rings is 1. The molecule has 1 atom stereocenters. The molecule has 4 rings (SSSR count). The molecule has 37 heavy (non-hydrogen) atoms. The topological polar surface area (TPSA) is 96.4 Å². The zero-order chi connectivity index (χ0) is 26.2. The van der Waals surface area contributed by atoms with E-state index in [4.69, 9.17) is 23.5 Å². The minimum absolute atomic E-state index is 0.0182. The molecule has 9 nitrogen and oxygen atoms in total. The summed E-state index contributed by atoms with van der Waals surface area (Å²) in [5.74, 6) is 1.27. The molecule has 0 radical (unpaired) electrons. The first kappa shape index (κ1) is 26.0. The fraction of sp³-hybridized carbons (Fsp3) is 0.296. The van der Waals surface area contributed by atoms with Crippen LogP contribution in [0.15, 0.2) is 78.7 Å². The Balaban J connectivity index is 1.36. The number of rotatable bonds is 6. The van der Waals surface area contributed by atoms with Crippen LogP contribution >= 0.6 is 0 Å². The van der Waals surface area contributed by atoms with E-state index in [0.717, 1.165) is 12.0 Å². The summed E-state index contributed by atoms with van der Waals surface area (Å²) in [6, 6.07) is 10.6. The molecule has 0 saturated carbocycles. The number of hydrogen-bond donors (Lipinski definition) is 0. The summed E-state index contributed by atoms with van der Waals surface area (Å²) in [6.45, 7) is 4.23. The van der Waals surface area contributed by atoms with Gasteiger partial charge < -0.3 is 23.5 Å². The molecule has 1 aromatic carbocycles. The quantitative estimate of drug-likeness (QED) is 0.551. The highest BCUT2D eigenvalue weighted by Gasteiger charge is 2.33. The first-order valence-electron chi connectivity index (χ1n) is 12.0. The van der Waals surface area contributed by atoms with Crippen LogP contribution in [0.3, 0.4) is 0 Å². The van der Waals surface area contributed by atoms with Gasteiger partial charge in [0.25, 0.3) is 5.88 Å². The van der Waals surface area contributed by atoms with E-state index >= 15 is 0 Å². The third-order valence-electron chi connectivity index (χ3n) is 5.79. The first-order valence-corrected chi connectivity index (χ1v) is 12.0. The second kappa shape index (κ2) is 12.3. The van der Waals surface area contributed by atoms with Crippen molar-refractivity contribution in [1.29, 1.82) is 0 Å². The number of likely N-dealkylation sites (N-methyl/N-ethyl adjacent to an activating group) is 1. The van der Waals surface area contributed by atoms with Crippen molar-refractivity contribution in [1.82, 2.24) is 9.88 Å². The average Bonchev–Trinajstić information content (AvgIpc) is 2.95. The molecular formula is C27H29BN2O7. The average molecular weight is 504 g/mol. The number of nitrogens with zero attached hydrogens (tertiary/aromatic N) is 2. The van der Waals surface area contributed by atoms with Gasteiger partial charge in [0.2, 0.25) is 0 Å². The van der Waals surface area contributed by atoms with E-state index in [9.17, 15) is 9.59 Å². The standard InChI is InChI=1S/C27H29BN2O7/c1-19-10-13-21(7-4-5-8-23(19)35-27-24(33-3)9-6-16-29-27)34-22-14-11-20(12-15-22)28-36-25(31)17-30(2)18-26(32)37-28/h4-6,8-9,11-12,14-16,21H,1,7,10,13,17-18H2,2-3H3/b5-4-,23-8+/t21-/m0/s1. The summed E-state index contributed by atoms with van der Waals surface area (Å²) < 4.78 is 28.2. The smallest absolute Gasteiger partial charge is 0.494 e. The number of allylic oxidation sites excluding steroid dienone is 3. The Morgan fingerprint density at radius 3 is 2.54 bits per heavy atom. The molecule has 2 heterocycles. The molecule has 1 aliphatic heterocycles. The largest absolute Gasteiger partial charge is 0.636 e. The Kier molecular flexibility index (Phi) is 8.63. The van der Waals surface area contributed by atoms with E-state index in [1.54, 1.807) is 56.8 Å². The van der Waals surface area contributed by atoms with Gasteiger partial charge in [0, 0.05) is 18.1 Å². The second-order valence-corrected chi connectivity index (χ2v) is 8.74. The lowest BCUT2D eigenvalue weighted by atomic mass is 9.78. The summed E-state index contributed by atoms with van der Waals surface area (Å²) in [6.07, 6.45) is 9.41. The van der Waals surface area contributed by atoms with Crippen LogP contribution in [0, 0.1) is 0 Å². The van der Waals surface area contributed by atoms with Gasteiger partial charge in [-0.3, -0.25) is 14.5 Å². The number of carbonyl (C=O) groups is 2. The van der Waals surface area contributed by atoms with Crippen molar-refractivity contribution >= 4 is 24.5 Å². The Labute approximate surface area is 216 Å². The number of aromatic nitrogens is 1. The molecular weight excluding hydrogens is 475 g/mol. The fourth-order valence-corrected chi connectivity index (χ4v) is 3.87. The molecule has 1 fully saturated rings. The van der Waals surface area contributed by atoms with Crippen molar-refractivity contribution < 1.29 is 33.1 Å². The summed E-state index contributed by atoms with van der Waals surface area (Å²) in [4.78, 5) is 29.8. The van der Waals surface area contributed by atoms with E-state index in [1.807, 2.05) is 18.2 Å². The molecule has 1 aromatic heterocycles. The first-order chi connectivity index (χ1) is 17.9. The molecule has 0 bridgehead atoms. The third kappa shape index (κ3) is 7.23. The van der Waals surface area contributed by atoms with Gasteiger partial charge in [-0.1, -0.05) is 30.9 Å². The number of ether oxygens (including phenoxy) is 3. The highest BCUT2D eigenvalue weighted by molar-refractivity contribution is 6.64. The Morgan fingerprint density at radius 1 is 1.11 bits per heavy atom. The zero-order valence-corrected chi connectivity index (χ0v) is 20.9. The Morgan fingerprint density at radius 2 is 1.84 bits per heavy atom. The van der Waals surface area contributed by atoms with Gasteiger partial charge in [0.15, 0.2) is 5.75 Å². The maximum Gasteiger partial charge on any atom is 0.636 e. The molecule has 2 aliphatic rings. The number of pyridine rings is 1. The van der Waals surface area contributed by atoms with Crippen LogP contribution in [0.1, 0.15) is 19.3 Å². The predicted molar refractivity (Wildman–Crippen MR) is 138 cm³/mol. The third-order valence-corrected chi connectivity index (χ3v) is 5.79. The monoisotopic (exact) mass is 504 g/mol. The molecule has 1 aliphatic carbocycles. The second-order valence-electron chi connectivity index (χ2n) is 8.74. The van der Waals surface area contributed by atoms with Crippen LogP contribution < -0.4 is 19.7 Å². The molecule has 0 amide bonds. The fourth-order valence-electron chi connectivity index (χ4n) is 3.87. The maximum atomic E-state index is 12.0. The zero-order valence-electron chi connectivity index (χ0n) is 20.9. The molecule has 0 N–H and O–H groups in total. The predicted octanol–water partition coefficient (Wildman–Crippen LogP) is 2.82. The minimum Gasteiger partial charge on any atom is -0.494 e. The summed E-state index contributed by atoms with van der Waals surface area (Å²) >= 11 is 0. The normalized spacial score (nSPS) is 21.6. The van der Waals surface area contributed by atoms with Gasteiger partial charge in [-0.2, -0.15) is 0 Å².